The highest BCUT2D eigenvalue weighted by molar-refractivity contribution is 7.98. The maximum Gasteiger partial charge on any atom is 0.244 e. The van der Waals surface area contributed by atoms with Gasteiger partial charge >= 0.3 is 0 Å². The van der Waals surface area contributed by atoms with Crippen LogP contribution >= 0.6 is 11.8 Å². The number of carbonyl (C=O) groups is 1. The van der Waals surface area contributed by atoms with Crippen molar-refractivity contribution < 1.29 is 13.2 Å². The van der Waals surface area contributed by atoms with E-state index in [1.807, 2.05) is 60.9 Å². The summed E-state index contributed by atoms with van der Waals surface area (Å²) in [5, 5.41) is 2.58. The van der Waals surface area contributed by atoms with Gasteiger partial charge in [-0.15, -0.1) is 11.8 Å². The Hall–Kier alpha value is -2.09. The Kier molecular flexibility index (Phi) is 7.90. The lowest BCUT2D eigenvalue weighted by atomic mass is 10.2. The van der Waals surface area contributed by atoms with E-state index in [0.29, 0.717) is 0 Å². The van der Waals surface area contributed by atoms with Gasteiger partial charge in [-0.1, -0.05) is 42.5 Å². The molecule has 138 valence electrons. The fourth-order valence-corrected chi connectivity index (χ4v) is 3.43. The lowest BCUT2D eigenvalue weighted by molar-refractivity contribution is -0.116. The van der Waals surface area contributed by atoms with Crippen molar-refractivity contribution in [3.8, 4) is 0 Å². The van der Waals surface area contributed by atoms with Crippen LogP contribution in [0, 0.1) is 0 Å². The maximum absolute atomic E-state index is 11.9. The molecule has 0 fully saturated rings. The number of sulfonamides is 1. The maximum atomic E-state index is 11.9. The zero-order valence-electron chi connectivity index (χ0n) is 14.5. The van der Waals surface area contributed by atoms with Gasteiger partial charge in [-0.3, -0.25) is 4.79 Å². The first-order valence-electron chi connectivity index (χ1n) is 8.10. The molecule has 0 aromatic heterocycles. The molecule has 0 radical (unpaired) electrons. The van der Waals surface area contributed by atoms with Crippen molar-refractivity contribution in [2.45, 2.75) is 11.4 Å². The zero-order valence-corrected chi connectivity index (χ0v) is 16.1. The molecule has 0 saturated carbocycles. The molecule has 0 aliphatic carbocycles. The van der Waals surface area contributed by atoms with Crippen LogP contribution in [-0.2, 0) is 21.4 Å². The SMILES string of the molecule is CSc1ccc(/C=C/C(=O)NCCS(=O)(=O)NCc2ccccc2)cc1. The van der Waals surface area contributed by atoms with Crippen molar-refractivity contribution in [1.82, 2.24) is 10.0 Å². The van der Waals surface area contributed by atoms with Gasteiger partial charge in [-0.05, 0) is 35.6 Å². The fourth-order valence-electron chi connectivity index (χ4n) is 2.12. The molecule has 2 N–H and O–H groups in total. The normalized spacial score (nSPS) is 11.6. The molecular formula is C19H22N2O3S2. The summed E-state index contributed by atoms with van der Waals surface area (Å²) >= 11 is 1.65. The number of hydrogen-bond acceptors (Lipinski definition) is 4. The van der Waals surface area contributed by atoms with Crippen LogP contribution in [0.2, 0.25) is 0 Å². The van der Waals surface area contributed by atoms with E-state index in [-0.39, 0.29) is 24.7 Å². The Morgan fingerprint density at radius 2 is 1.77 bits per heavy atom. The van der Waals surface area contributed by atoms with E-state index in [0.717, 1.165) is 16.0 Å². The highest BCUT2D eigenvalue weighted by atomic mass is 32.2. The van der Waals surface area contributed by atoms with Crippen molar-refractivity contribution in [3.05, 3.63) is 71.8 Å². The molecule has 7 heteroatoms. The topological polar surface area (TPSA) is 75.3 Å². The second-order valence-electron chi connectivity index (χ2n) is 5.52. The van der Waals surface area contributed by atoms with Crippen LogP contribution in [0.5, 0.6) is 0 Å². The first-order chi connectivity index (χ1) is 12.5. The molecule has 0 saturated heterocycles. The Bertz CT molecular complexity index is 833. The standard InChI is InChI=1S/C19H22N2O3S2/c1-25-18-10-7-16(8-11-18)9-12-19(22)20-13-14-26(23,24)21-15-17-5-3-2-4-6-17/h2-12,21H,13-15H2,1H3,(H,20,22)/b12-9+. The van der Waals surface area contributed by atoms with Crippen LogP contribution in [0.3, 0.4) is 0 Å². The Morgan fingerprint density at radius 1 is 1.08 bits per heavy atom. The van der Waals surface area contributed by atoms with Gasteiger partial charge in [0.05, 0.1) is 5.75 Å². The lowest BCUT2D eigenvalue weighted by Crippen LogP contribution is -2.33. The quantitative estimate of drug-likeness (QED) is 0.510. The molecular weight excluding hydrogens is 368 g/mol. The van der Waals surface area contributed by atoms with Crippen LogP contribution in [0.4, 0.5) is 0 Å². The van der Waals surface area contributed by atoms with Crippen molar-refractivity contribution >= 4 is 33.8 Å². The van der Waals surface area contributed by atoms with Gasteiger partial charge in [-0.2, -0.15) is 0 Å². The first-order valence-corrected chi connectivity index (χ1v) is 11.0. The molecule has 2 aromatic rings. The van der Waals surface area contributed by atoms with Gasteiger partial charge < -0.3 is 5.32 Å². The second kappa shape index (κ2) is 10.2. The summed E-state index contributed by atoms with van der Waals surface area (Å²) in [6, 6.07) is 17.1. The van der Waals surface area contributed by atoms with Gasteiger partial charge in [0, 0.05) is 24.1 Å². The molecule has 0 aliphatic heterocycles. The number of nitrogens with one attached hydrogen (secondary N) is 2. The highest BCUT2D eigenvalue weighted by Crippen LogP contribution is 2.15. The second-order valence-corrected chi connectivity index (χ2v) is 8.33. The molecule has 0 aliphatic rings. The summed E-state index contributed by atoms with van der Waals surface area (Å²) in [5.74, 6) is -0.487. The van der Waals surface area contributed by atoms with E-state index in [9.17, 15) is 13.2 Å². The molecule has 26 heavy (non-hydrogen) atoms. The minimum Gasteiger partial charge on any atom is -0.351 e. The summed E-state index contributed by atoms with van der Waals surface area (Å²) in [6.07, 6.45) is 5.10. The third kappa shape index (κ3) is 7.43. The summed E-state index contributed by atoms with van der Waals surface area (Å²) < 4.78 is 26.4. The van der Waals surface area contributed by atoms with Crippen molar-refractivity contribution in [2.75, 3.05) is 18.6 Å². The van der Waals surface area contributed by atoms with Crippen LogP contribution in [-0.4, -0.2) is 32.9 Å². The Balaban J connectivity index is 1.73. The summed E-state index contributed by atoms with van der Waals surface area (Å²) in [4.78, 5) is 12.9. The number of carbonyl (C=O) groups excluding carboxylic acids is 1. The van der Waals surface area contributed by atoms with Crippen LogP contribution in [0.1, 0.15) is 11.1 Å². The van der Waals surface area contributed by atoms with E-state index in [1.54, 1.807) is 17.8 Å². The summed E-state index contributed by atoms with van der Waals surface area (Å²) in [5.41, 5.74) is 1.80. The Labute approximate surface area is 158 Å². The van der Waals surface area contributed by atoms with E-state index in [2.05, 4.69) is 10.0 Å². The molecule has 0 bridgehead atoms. The van der Waals surface area contributed by atoms with E-state index < -0.39 is 10.0 Å². The van der Waals surface area contributed by atoms with Crippen LogP contribution < -0.4 is 10.0 Å². The van der Waals surface area contributed by atoms with Crippen molar-refractivity contribution in [1.29, 1.82) is 0 Å². The molecule has 0 heterocycles. The predicted octanol–water partition coefficient (Wildman–Crippen LogP) is 2.66. The molecule has 1 amide bonds. The predicted molar refractivity (Wildman–Crippen MR) is 107 cm³/mol. The number of thioether (sulfide) groups is 1. The number of amides is 1. The first kappa shape index (κ1) is 20.2. The highest BCUT2D eigenvalue weighted by Gasteiger charge is 2.10. The van der Waals surface area contributed by atoms with Crippen molar-refractivity contribution in [2.24, 2.45) is 0 Å². The van der Waals surface area contributed by atoms with E-state index in [4.69, 9.17) is 0 Å². The monoisotopic (exact) mass is 390 g/mol. The molecule has 0 spiro atoms. The molecule has 2 rings (SSSR count). The number of benzene rings is 2. The van der Waals surface area contributed by atoms with Gasteiger partial charge in [0.1, 0.15) is 0 Å². The van der Waals surface area contributed by atoms with Gasteiger partial charge in [0.25, 0.3) is 0 Å². The molecule has 0 unspecified atom stereocenters. The van der Waals surface area contributed by atoms with Gasteiger partial charge in [0.15, 0.2) is 0 Å². The van der Waals surface area contributed by atoms with Crippen LogP contribution in [0.25, 0.3) is 6.08 Å². The van der Waals surface area contributed by atoms with Gasteiger partial charge in [-0.25, -0.2) is 13.1 Å². The van der Waals surface area contributed by atoms with Gasteiger partial charge in [0.2, 0.25) is 15.9 Å². The van der Waals surface area contributed by atoms with E-state index >= 15 is 0 Å². The number of hydrogen-bond donors (Lipinski definition) is 2. The third-order valence-electron chi connectivity index (χ3n) is 3.55. The lowest BCUT2D eigenvalue weighted by Gasteiger charge is -2.07. The fraction of sp³-hybridized carbons (Fsp3) is 0.211. The number of rotatable bonds is 9. The summed E-state index contributed by atoms with van der Waals surface area (Å²) in [6.45, 7) is 0.293. The zero-order chi connectivity index (χ0) is 18.8. The average Bonchev–Trinajstić information content (AvgIpc) is 2.66. The van der Waals surface area contributed by atoms with Crippen LogP contribution in [0.15, 0.2) is 65.6 Å². The summed E-state index contributed by atoms with van der Waals surface area (Å²) in [7, 11) is -3.44. The Morgan fingerprint density at radius 3 is 2.42 bits per heavy atom. The largest absolute Gasteiger partial charge is 0.351 e. The molecule has 2 aromatic carbocycles. The molecule has 5 nitrogen and oxygen atoms in total. The smallest absolute Gasteiger partial charge is 0.244 e. The minimum atomic E-state index is -3.44. The third-order valence-corrected chi connectivity index (χ3v) is 5.62. The van der Waals surface area contributed by atoms with Crippen molar-refractivity contribution in [3.63, 3.8) is 0 Å². The average molecular weight is 391 g/mol. The minimum absolute atomic E-state index is 0.0543. The molecule has 0 atom stereocenters. The van der Waals surface area contributed by atoms with E-state index in [1.165, 1.54) is 6.08 Å².